The zero-order valence-electron chi connectivity index (χ0n) is 8.74. The number of nitrogens with zero attached hydrogens (tertiary/aromatic N) is 1. The zero-order valence-corrected chi connectivity index (χ0v) is 8.74. The summed E-state index contributed by atoms with van der Waals surface area (Å²) in [6, 6.07) is 4.46. The molecule has 0 amide bonds. The molecule has 0 aliphatic rings. The fraction of sp³-hybridized carbons (Fsp3) is 0.417. The van der Waals surface area contributed by atoms with Crippen LogP contribution in [-0.2, 0) is 6.42 Å². The monoisotopic (exact) mass is 190 g/mol. The third kappa shape index (κ3) is 3.71. The second kappa shape index (κ2) is 6.33. The highest BCUT2D eigenvalue weighted by Gasteiger charge is 2.02. The van der Waals surface area contributed by atoms with Crippen molar-refractivity contribution in [2.75, 3.05) is 6.54 Å². The van der Waals surface area contributed by atoms with E-state index in [9.17, 15) is 0 Å². The molecule has 1 unspecified atom stereocenters. The first-order chi connectivity index (χ1) is 6.86. The zero-order chi connectivity index (χ0) is 10.2. The summed E-state index contributed by atoms with van der Waals surface area (Å²) in [5.74, 6) is 0. The minimum Gasteiger partial charge on any atom is -0.310 e. The summed E-state index contributed by atoms with van der Waals surface area (Å²) in [6.45, 7) is 7.04. The first-order valence-electron chi connectivity index (χ1n) is 5.11. The highest BCUT2D eigenvalue weighted by Crippen LogP contribution is 2.02. The van der Waals surface area contributed by atoms with Crippen LogP contribution in [0.25, 0.3) is 0 Å². The summed E-state index contributed by atoms with van der Waals surface area (Å²) in [7, 11) is 0. The lowest BCUT2D eigenvalue weighted by Gasteiger charge is -2.13. The van der Waals surface area contributed by atoms with Gasteiger partial charge in [-0.2, -0.15) is 0 Å². The Hall–Kier alpha value is -1.15. The van der Waals surface area contributed by atoms with Crippen LogP contribution in [0.5, 0.6) is 0 Å². The van der Waals surface area contributed by atoms with Gasteiger partial charge in [0.05, 0.1) is 0 Å². The third-order valence-electron chi connectivity index (χ3n) is 2.15. The molecular weight excluding hydrogens is 172 g/mol. The molecule has 0 radical (unpaired) electrons. The van der Waals surface area contributed by atoms with Crippen LogP contribution in [0.4, 0.5) is 0 Å². The van der Waals surface area contributed by atoms with Gasteiger partial charge < -0.3 is 5.32 Å². The van der Waals surface area contributed by atoms with Crippen molar-refractivity contribution in [2.24, 2.45) is 0 Å². The number of hydrogen-bond acceptors (Lipinski definition) is 2. The minimum absolute atomic E-state index is 0.373. The average molecular weight is 190 g/mol. The van der Waals surface area contributed by atoms with Crippen molar-refractivity contribution in [3.05, 3.63) is 42.7 Å². The van der Waals surface area contributed by atoms with Crippen LogP contribution in [0.2, 0.25) is 0 Å². The molecule has 1 aromatic rings. The Morgan fingerprint density at radius 3 is 2.79 bits per heavy atom. The number of rotatable bonds is 6. The lowest BCUT2D eigenvalue weighted by Crippen LogP contribution is -2.29. The van der Waals surface area contributed by atoms with Crippen LogP contribution in [0.15, 0.2) is 37.2 Å². The minimum atomic E-state index is 0.373. The smallest absolute Gasteiger partial charge is 0.0287 e. The molecular formula is C12H18N2. The van der Waals surface area contributed by atoms with Crippen molar-refractivity contribution in [3.8, 4) is 0 Å². The molecule has 0 aliphatic heterocycles. The molecule has 1 atom stereocenters. The molecule has 0 spiro atoms. The summed E-state index contributed by atoms with van der Waals surface area (Å²) >= 11 is 0. The van der Waals surface area contributed by atoms with Gasteiger partial charge in [0, 0.05) is 18.4 Å². The van der Waals surface area contributed by atoms with Gasteiger partial charge in [-0.15, -0.1) is 6.58 Å². The van der Waals surface area contributed by atoms with Gasteiger partial charge in [0.1, 0.15) is 0 Å². The van der Waals surface area contributed by atoms with Gasteiger partial charge >= 0.3 is 0 Å². The molecule has 0 bridgehead atoms. The van der Waals surface area contributed by atoms with Crippen LogP contribution in [0.3, 0.4) is 0 Å². The van der Waals surface area contributed by atoms with Gasteiger partial charge in [0.2, 0.25) is 0 Å². The Morgan fingerprint density at radius 2 is 2.21 bits per heavy atom. The number of aromatic nitrogens is 1. The van der Waals surface area contributed by atoms with Gasteiger partial charge in [0.25, 0.3) is 0 Å². The molecule has 76 valence electrons. The van der Waals surface area contributed by atoms with Crippen LogP contribution in [0, 0.1) is 0 Å². The number of hydrogen-bond donors (Lipinski definition) is 1. The maximum atomic E-state index is 3.99. The summed E-state index contributed by atoms with van der Waals surface area (Å²) in [4.78, 5) is 3.99. The van der Waals surface area contributed by atoms with Crippen molar-refractivity contribution in [2.45, 2.75) is 25.8 Å². The molecule has 0 aliphatic carbocycles. The quantitative estimate of drug-likeness (QED) is 0.695. The van der Waals surface area contributed by atoms with E-state index in [0.29, 0.717) is 6.04 Å². The average Bonchev–Trinajstić information content (AvgIpc) is 2.25. The van der Waals surface area contributed by atoms with E-state index in [0.717, 1.165) is 19.4 Å². The first kappa shape index (κ1) is 10.9. The molecule has 1 N–H and O–H groups in total. The van der Waals surface area contributed by atoms with E-state index in [1.807, 2.05) is 30.6 Å². The van der Waals surface area contributed by atoms with Crippen molar-refractivity contribution >= 4 is 0 Å². The molecule has 0 saturated heterocycles. The highest BCUT2D eigenvalue weighted by atomic mass is 14.9. The van der Waals surface area contributed by atoms with Crippen LogP contribution in [0.1, 0.15) is 18.9 Å². The van der Waals surface area contributed by atoms with Crippen LogP contribution >= 0.6 is 0 Å². The molecule has 0 saturated carbocycles. The summed E-state index contributed by atoms with van der Waals surface area (Å²) in [5.41, 5.74) is 1.30. The van der Waals surface area contributed by atoms with E-state index < -0.39 is 0 Å². The number of pyridine rings is 1. The molecule has 2 nitrogen and oxygen atoms in total. The van der Waals surface area contributed by atoms with E-state index in [2.05, 4.69) is 23.8 Å². The predicted molar refractivity (Wildman–Crippen MR) is 60.2 cm³/mol. The molecule has 0 fully saturated rings. The molecule has 1 heterocycles. The maximum Gasteiger partial charge on any atom is 0.0287 e. The molecule has 0 aromatic carbocycles. The molecule has 2 heteroatoms. The Labute approximate surface area is 86.1 Å². The van der Waals surface area contributed by atoms with Gasteiger partial charge in [-0.1, -0.05) is 13.0 Å². The Kier molecular flexibility index (Phi) is 4.94. The highest BCUT2D eigenvalue weighted by molar-refractivity contribution is 5.13. The van der Waals surface area contributed by atoms with Gasteiger partial charge in [-0.25, -0.2) is 0 Å². The van der Waals surface area contributed by atoms with Gasteiger partial charge in [-0.05, 0) is 37.1 Å². The Bertz CT molecular complexity index is 256. The lowest BCUT2D eigenvalue weighted by atomic mass is 10.1. The van der Waals surface area contributed by atoms with Gasteiger partial charge in [-0.3, -0.25) is 4.98 Å². The Morgan fingerprint density at radius 1 is 1.50 bits per heavy atom. The van der Waals surface area contributed by atoms with E-state index in [1.54, 1.807) is 0 Å². The number of nitrogens with one attached hydrogen (secondary N) is 1. The first-order valence-corrected chi connectivity index (χ1v) is 5.11. The third-order valence-corrected chi connectivity index (χ3v) is 2.15. The van der Waals surface area contributed by atoms with E-state index in [1.165, 1.54) is 5.56 Å². The predicted octanol–water partition coefficient (Wildman–Crippen LogP) is 2.18. The topological polar surface area (TPSA) is 24.9 Å². The normalized spacial score (nSPS) is 12.4. The van der Waals surface area contributed by atoms with E-state index in [-0.39, 0.29) is 0 Å². The lowest BCUT2D eigenvalue weighted by molar-refractivity contribution is 0.585. The largest absolute Gasteiger partial charge is 0.310 e. The maximum absolute atomic E-state index is 3.99. The van der Waals surface area contributed by atoms with Crippen molar-refractivity contribution in [1.82, 2.24) is 10.3 Å². The second-order valence-electron chi connectivity index (χ2n) is 3.36. The second-order valence-corrected chi connectivity index (χ2v) is 3.36. The van der Waals surface area contributed by atoms with E-state index in [4.69, 9.17) is 0 Å². The van der Waals surface area contributed by atoms with Crippen molar-refractivity contribution in [3.63, 3.8) is 0 Å². The van der Waals surface area contributed by atoms with Gasteiger partial charge in [0.15, 0.2) is 0 Å². The summed E-state index contributed by atoms with van der Waals surface area (Å²) in [6.07, 6.45) is 7.77. The summed E-state index contributed by atoms with van der Waals surface area (Å²) < 4.78 is 0. The SMILES string of the molecule is C=CC(Cc1ccncc1)NCCC. The van der Waals surface area contributed by atoms with Crippen molar-refractivity contribution in [1.29, 1.82) is 0 Å². The fourth-order valence-corrected chi connectivity index (χ4v) is 1.34. The molecule has 1 rings (SSSR count). The van der Waals surface area contributed by atoms with Crippen LogP contribution < -0.4 is 5.32 Å². The fourth-order valence-electron chi connectivity index (χ4n) is 1.34. The van der Waals surface area contributed by atoms with Crippen LogP contribution in [-0.4, -0.2) is 17.6 Å². The molecule has 14 heavy (non-hydrogen) atoms. The van der Waals surface area contributed by atoms with Crippen molar-refractivity contribution < 1.29 is 0 Å². The van der Waals surface area contributed by atoms with E-state index >= 15 is 0 Å². The molecule has 1 aromatic heterocycles. The summed E-state index contributed by atoms with van der Waals surface area (Å²) in [5, 5.41) is 3.43. The Balaban J connectivity index is 2.44. The standard InChI is InChI=1S/C12H18N2/c1-3-7-14-12(4-2)10-11-5-8-13-9-6-11/h4-6,8-9,12,14H,2-3,7,10H2,1H3.